The molecule has 11 heteroatoms. The number of rotatable bonds is 18. The smallest absolute Gasteiger partial charge is 0.326 e. The molecule has 0 radical (unpaired) electrons. The molecule has 0 aliphatic carbocycles. The number of carbonyl (C=O) groups is 2. The van der Waals surface area contributed by atoms with Crippen molar-refractivity contribution in [2.45, 2.75) is 56.9 Å². The molecule has 0 aliphatic rings. The summed E-state index contributed by atoms with van der Waals surface area (Å²) in [5.41, 5.74) is 3.37. The van der Waals surface area contributed by atoms with Gasteiger partial charge in [0, 0.05) is 41.0 Å². The van der Waals surface area contributed by atoms with Gasteiger partial charge in [-0.2, -0.15) is 0 Å². The highest BCUT2D eigenvalue weighted by atomic mass is 35.5. The van der Waals surface area contributed by atoms with Crippen molar-refractivity contribution in [1.82, 2.24) is 5.32 Å². The number of halogens is 1. The molecule has 0 fully saturated rings. The van der Waals surface area contributed by atoms with Gasteiger partial charge in [0.1, 0.15) is 17.5 Å². The van der Waals surface area contributed by atoms with Gasteiger partial charge in [-0.1, -0.05) is 117 Å². The SMILES string of the molecule is CCCCN(CCCC)c1cccc2c(S(=O)(=O)Nc3ccc(Cl)cc3C(=O)N[C@@H](Cc3ccc(-c4ccc(Oc5ccccc5)cc4)cc3)C(=O)O)cccc12. The number of anilines is 2. The van der Waals surface area contributed by atoms with Gasteiger partial charge in [-0.3, -0.25) is 9.52 Å². The van der Waals surface area contributed by atoms with E-state index in [9.17, 15) is 23.1 Å². The maximum absolute atomic E-state index is 14.1. The molecule has 6 rings (SSSR count). The van der Waals surface area contributed by atoms with Crippen LogP contribution in [0.3, 0.4) is 0 Å². The van der Waals surface area contributed by atoms with E-state index in [0.717, 1.165) is 66.7 Å². The lowest BCUT2D eigenvalue weighted by Gasteiger charge is -2.26. The van der Waals surface area contributed by atoms with Gasteiger partial charge in [0.25, 0.3) is 15.9 Å². The summed E-state index contributed by atoms with van der Waals surface area (Å²) in [5, 5.41) is 14.3. The summed E-state index contributed by atoms with van der Waals surface area (Å²) >= 11 is 6.30. The van der Waals surface area contributed by atoms with Crippen LogP contribution in [0.2, 0.25) is 5.02 Å². The highest BCUT2D eigenvalue weighted by Crippen LogP contribution is 2.34. The lowest BCUT2D eigenvalue weighted by molar-refractivity contribution is -0.139. The van der Waals surface area contributed by atoms with E-state index in [4.69, 9.17) is 16.3 Å². The monoisotopic (exact) mass is 803 g/mol. The molecule has 57 heavy (non-hydrogen) atoms. The number of hydrogen-bond acceptors (Lipinski definition) is 6. The maximum Gasteiger partial charge on any atom is 0.326 e. The van der Waals surface area contributed by atoms with Crippen molar-refractivity contribution in [1.29, 1.82) is 0 Å². The number of sulfonamides is 1. The van der Waals surface area contributed by atoms with Gasteiger partial charge in [-0.05, 0) is 84.1 Å². The Morgan fingerprint density at radius 1 is 0.737 bits per heavy atom. The fourth-order valence-corrected chi connectivity index (χ4v) is 8.14. The number of carboxylic acids is 1. The van der Waals surface area contributed by atoms with Crippen molar-refractivity contribution in [3.8, 4) is 22.6 Å². The summed E-state index contributed by atoms with van der Waals surface area (Å²) in [6, 6.07) is 38.3. The largest absolute Gasteiger partial charge is 0.480 e. The first-order valence-electron chi connectivity index (χ1n) is 19.1. The molecule has 3 N–H and O–H groups in total. The highest BCUT2D eigenvalue weighted by Gasteiger charge is 2.26. The van der Waals surface area contributed by atoms with Crippen molar-refractivity contribution in [2.24, 2.45) is 0 Å². The molecule has 0 bridgehead atoms. The maximum atomic E-state index is 14.1. The average molecular weight is 804 g/mol. The fraction of sp³-hybridized carbons (Fsp3) is 0.217. The van der Waals surface area contributed by atoms with Crippen LogP contribution in [0.1, 0.15) is 55.5 Å². The van der Waals surface area contributed by atoms with Crippen LogP contribution in [-0.4, -0.2) is 44.5 Å². The Labute approximate surface area is 339 Å². The van der Waals surface area contributed by atoms with Crippen molar-refractivity contribution in [2.75, 3.05) is 22.7 Å². The van der Waals surface area contributed by atoms with Crippen LogP contribution in [0.15, 0.2) is 138 Å². The zero-order chi connectivity index (χ0) is 40.4. The number of carbonyl (C=O) groups excluding carboxylic acids is 1. The second kappa shape index (κ2) is 18.9. The number of para-hydroxylation sites is 1. The molecule has 294 valence electrons. The molecule has 0 saturated carbocycles. The normalized spacial score (nSPS) is 11.8. The first-order chi connectivity index (χ1) is 27.6. The first kappa shape index (κ1) is 40.8. The van der Waals surface area contributed by atoms with E-state index >= 15 is 0 Å². The number of aliphatic carboxylic acids is 1. The van der Waals surface area contributed by atoms with E-state index in [0.29, 0.717) is 16.7 Å². The van der Waals surface area contributed by atoms with Gasteiger partial charge in [0.2, 0.25) is 0 Å². The highest BCUT2D eigenvalue weighted by molar-refractivity contribution is 7.93. The molecule has 0 saturated heterocycles. The fourth-order valence-electron chi connectivity index (χ4n) is 6.66. The van der Waals surface area contributed by atoms with Gasteiger partial charge < -0.3 is 20.1 Å². The van der Waals surface area contributed by atoms with Crippen LogP contribution in [-0.2, 0) is 21.2 Å². The van der Waals surface area contributed by atoms with E-state index in [1.165, 1.54) is 24.3 Å². The Bertz CT molecular complexity index is 2420. The van der Waals surface area contributed by atoms with Crippen LogP contribution in [0.4, 0.5) is 11.4 Å². The third kappa shape index (κ3) is 10.3. The number of benzene rings is 6. The lowest BCUT2D eigenvalue weighted by atomic mass is 10.00. The summed E-state index contributed by atoms with van der Waals surface area (Å²) in [5.74, 6) is -0.597. The van der Waals surface area contributed by atoms with Crippen LogP contribution in [0.5, 0.6) is 11.5 Å². The molecule has 0 spiro atoms. The molecular weight excluding hydrogens is 758 g/mol. The van der Waals surface area contributed by atoms with Crippen molar-refractivity contribution in [3.05, 3.63) is 150 Å². The first-order valence-corrected chi connectivity index (χ1v) is 21.0. The number of fused-ring (bicyclic) bond motifs is 1. The topological polar surface area (TPSA) is 125 Å². The van der Waals surface area contributed by atoms with Gasteiger partial charge >= 0.3 is 5.97 Å². The zero-order valence-electron chi connectivity index (χ0n) is 32.0. The van der Waals surface area contributed by atoms with E-state index in [2.05, 4.69) is 28.8 Å². The molecule has 9 nitrogen and oxygen atoms in total. The van der Waals surface area contributed by atoms with E-state index in [1.807, 2.05) is 97.1 Å². The molecule has 0 heterocycles. The summed E-state index contributed by atoms with van der Waals surface area (Å²) < 4.78 is 36.7. The van der Waals surface area contributed by atoms with E-state index < -0.39 is 27.9 Å². The summed E-state index contributed by atoms with van der Waals surface area (Å²) in [4.78, 5) is 28.6. The summed E-state index contributed by atoms with van der Waals surface area (Å²) in [6.45, 7) is 6.01. The molecule has 0 aromatic heterocycles. The minimum absolute atomic E-state index is 0.0152. The Morgan fingerprint density at radius 2 is 1.35 bits per heavy atom. The molecule has 0 unspecified atom stereocenters. The molecule has 1 atom stereocenters. The van der Waals surface area contributed by atoms with Crippen molar-refractivity contribution >= 4 is 55.6 Å². The number of carboxylic acid groups (broad SMARTS) is 1. The van der Waals surface area contributed by atoms with Crippen LogP contribution < -0.4 is 19.7 Å². The number of nitrogens with zero attached hydrogens (tertiary/aromatic N) is 1. The number of ether oxygens (including phenoxy) is 1. The number of hydrogen-bond donors (Lipinski definition) is 3. The average Bonchev–Trinajstić information content (AvgIpc) is 3.21. The quantitative estimate of drug-likeness (QED) is 0.0790. The molecule has 6 aromatic rings. The van der Waals surface area contributed by atoms with E-state index in [1.54, 1.807) is 12.1 Å². The second-order valence-electron chi connectivity index (χ2n) is 13.8. The predicted molar refractivity (Wildman–Crippen MR) is 229 cm³/mol. The molecule has 1 amide bonds. The van der Waals surface area contributed by atoms with Crippen molar-refractivity contribution < 1.29 is 27.9 Å². The summed E-state index contributed by atoms with van der Waals surface area (Å²) in [6.07, 6.45) is 4.09. The number of amides is 1. The van der Waals surface area contributed by atoms with Gasteiger partial charge in [-0.25, -0.2) is 13.2 Å². The molecule has 0 aliphatic heterocycles. The summed E-state index contributed by atoms with van der Waals surface area (Å²) in [7, 11) is -4.24. The zero-order valence-corrected chi connectivity index (χ0v) is 33.5. The van der Waals surface area contributed by atoms with Gasteiger partial charge in [-0.15, -0.1) is 0 Å². The Morgan fingerprint density at radius 3 is 2.00 bits per heavy atom. The van der Waals surface area contributed by atoms with Crippen molar-refractivity contribution in [3.63, 3.8) is 0 Å². The van der Waals surface area contributed by atoms with Crippen LogP contribution in [0.25, 0.3) is 21.9 Å². The van der Waals surface area contributed by atoms with Crippen LogP contribution in [0, 0.1) is 0 Å². The Balaban J connectivity index is 1.18. The minimum Gasteiger partial charge on any atom is -0.480 e. The predicted octanol–water partition coefficient (Wildman–Crippen LogP) is 10.6. The second-order valence-corrected chi connectivity index (χ2v) is 15.9. The Kier molecular flexibility index (Phi) is 13.5. The Hall–Kier alpha value is -5.84. The van der Waals surface area contributed by atoms with Crippen LogP contribution >= 0.6 is 11.6 Å². The third-order valence-electron chi connectivity index (χ3n) is 9.69. The lowest BCUT2D eigenvalue weighted by Crippen LogP contribution is -2.42. The molecular formula is C46H46ClN3O6S. The minimum atomic E-state index is -4.24. The van der Waals surface area contributed by atoms with Gasteiger partial charge in [0.05, 0.1) is 16.1 Å². The van der Waals surface area contributed by atoms with E-state index in [-0.39, 0.29) is 27.6 Å². The van der Waals surface area contributed by atoms with Gasteiger partial charge in [0.15, 0.2) is 0 Å². The number of nitrogens with one attached hydrogen (secondary N) is 2. The third-order valence-corrected chi connectivity index (χ3v) is 11.3. The standard InChI is InChI=1S/C46H46ClN3O6S/c1-3-5-28-50(29-6-4-2)43-16-10-15-39-38(43)14-11-17-44(39)57(54,55)49-41-27-24-35(47)31-40(41)45(51)48-42(46(52)53)30-32-18-20-33(21-19-32)34-22-25-37(26-23-34)56-36-12-8-7-9-13-36/h7-27,31,42,49H,3-6,28-30H2,1-2H3,(H,48,51)(H,52,53)/t42-/m0/s1. The molecule has 6 aromatic carbocycles. The number of unbranched alkanes of at least 4 members (excludes halogenated alkanes) is 2.